The summed E-state index contributed by atoms with van der Waals surface area (Å²) in [4.78, 5) is 30.7. The second-order valence-electron chi connectivity index (χ2n) is 4.55. The Balaban J connectivity index is 2.54. The lowest BCUT2D eigenvalue weighted by Gasteiger charge is -2.06. The molecule has 96 valence electrons. The van der Waals surface area contributed by atoms with Crippen molar-refractivity contribution in [3.63, 3.8) is 0 Å². The quantitative estimate of drug-likeness (QED) is 0.675. The van der Waals surface area contributed by atoms with Gasteiger partial charge in [0.05, 0.1) is 0 Å². The SMILES string of the molecule is CCn1c(=O)c2c(nc3n2CCN3C)n(C)c1=O. The van der Waals surface area contributed by atoms with Gasteiger partial charge in [0.1, 0.15) is 0 Å². The second kappa shape index (κ2) is 3.47. The lowest BCUT2D eigenvalue weighted by atomic mass is 10.4. The molecule has 3 rings (SSSR count). The Morgan fingerprint density at radius 1 is 1.22 bits per heavy atom. The summed E-state index contributed by atoms with van der Waals surface area (Å²) in [6, 6.07) is 0. The Labute approximate surface area is 103 Å². The van der Waals surface area contributed by atoms with Crippen LogP contribution < -0.4 is 16.1 Å². The van der Waals surface area contributed by atoms with Crippen molar-refractivity contribution < 1.29 is 0 Å². The molecule has 0 bridgehead atoms. The fourth-order valence-corrected chi connectivity index (χ4v) is 2.49. The standard InChI is InChI=1S/C11H15N5O2/c1-4-15-9(17)7-8(14(3)11(15)18)12-10-13(2)5-6-16(7)10/h4-6H2,1-3H3. The van der Waals surface area contributed by atoms with Crippen molar-refractivity contribution in [2.45, 2.75) is 20.0 Å². The van der Waals surface area contributed by atoms with Crippen LogP contribution in [0.1, 0.15) is 6.92 Å². The molecular formula is C11H15N5O2. The molecule has 0 aromatic carbocycles. The maximum atomic E-state index is 12.3. The second-order valence-corrected chi connectivity index (χ2v) is 4.55. The van der Waals surface area contributed by atoms with Crippen LogP contribution in [0.2, 0.25) is 0 Å². The maximum absolute atomic E-state index is 12.3. The Morgan fingerprint density at radius 2 is 1.94 bits per heavy atom. The van der Waals surface area contributed by atoms with E-state index in [1.165, 1.54) is 9.13 Å². The molecule has 0 saturated carbocycles. The molecule has 0 atom stereocenters. The van der Waals surface area contributed by atoms with Crippen LogP contribution in [0.3, 0.4) is 0 Å². The maximum Gasteiger partial charge on any atom is 0.332 e. The molecule has 18 heavy (non-hydrogen) atoms. The van der Waals surface area contributed by atoms with Gasteiger partial charge in [-0.15, -0.1) is 0 Å². The smallest absolute Gasteiger partial charge is 0.332 e. The summed E-state index contributed by atoms with van der Waals surface area (Å²) in [5, 5.41) is 0. The van der Waals surface area contributed by atoms with Crippen molar-refractivity contribution >= 4 is 17.1 Å². The highest BCUT2D eigenvalue weighted by atomic mass is 16.2. The third-order valence-corrected chi connectivity index (χ3v) is 3.53. The molecule has 2 aromatic heterocycles. The molecule has 0 fully saturated rings. The van der Waals surface area contributed by atoms with E-state index in [0.29, 0.717) is 17.7 Å². The minimum atomic E-state index is -0.311. The van der Waals surface area contributed by atoms with E-state index in [1.807, 2.05) is 16.5 Å². The predicted molar refractivity (Wildman–Crippen MR) is 68.2 cm³/mol. The molecule has 3 heterocycles. The number of nitrogens with zero attached hydrogens (tertiary/aromatic N) is 5. The van der Waals surface area contributed by atoms with Gasteiger partial charge in [0.25, 0.3) is 5.56 Å². The molecule has 1 aliphatic rings. The summed E-state index contributed by atoms with van der Waals surface area (Å²) in [5.74, 6) is 0.756. The first-order chi connectivity index (χ1) is 8.56. The lowest BCUT2D eigenvalue weighted by molar-refractivity contribution is 0.633. The van der Waals surface area contributed by atoms with Crippen LogP contribution in [-0.2, 0) is 20.1 Å². The zero-order chi connectivity index (χ0) is 13.0. The van der Waals surface area contributed by atoms with Crippen LogP contribution in [0.4, 0.5) is 5.95 Å². The van der Waals surface area contributed by atoms with Gasteiger partial charge in [-0.1, -0.05) is 0 Å². The van der Waals surface area contributed by atoms with E-state index >= 15 is 0 Å². The molecule has 0 aliphatic carbocycles. The van der Waals surface area contributed by atoms with Crippen LogP contribution in [0, 0.1) is 0 Å². The molecule has 7 heteroatoms. The van der Waals surface area contributed by atoms with Crippen molar-refractivity contribution in [1.82, 2.24) is 18.7 Å². The average molecular weight is 249 g/mol. The topological polar surface area (TPSA) is 65.1 Å². The lowest BCUT2D eigenvalue weighted by Crippen LogP contribution is -2.39. The van der Waals surface area contributed by atoms with Crippen molar-refractivity contribution in [3.05, 3.63) is 20.8 Å². The van der Waals surface area contributed by atoms with Crippen LogP contribution in [0.25, 0.3) is 11.2 Å². The van der Waals surface area contributed by atoms with Gasteiger partial charge in [-0.25, -0.2) is 4.79 Å². The van der Waals surface area contributed by atoms with E-state index in [2.05, 4.69) is 4.98 Å². The molecule has 2 aromatic rings. The third kappa shape index (κ3) is 1.16. The molecule has 0 unspecified atom stereocenters. The van der Waals surface area contributed by atoms with Crippen molar-refractivity contribution in [2.75, 3.05) is 18.5 Å². The molecule has 0 amide bonds. The van der Waals surface area contributed by atoms with Gasteiger partial charge in [0.2, 0.25) is 5.95 Å². The zero-order valence-electron chi connectivity index (χ0n) is 10.7. The monoisotopic (exact) mass is 249 g/mol. The Bertz CT molecular complexity index is 751. The van der Waals surface area contributed by atoms with Crippen molar-refractivity contribution in [1.29, 1.82) is 0 Å². The highest BCUT2D eigenvalue weighted by molar-refractivity contribution is 5.75. The Morgan fingerprint density at radius 3 is 2.61 bits per heavy atom. The fourth-order valence-electron chi connectivity index (χ4n) is 2.49. The van der Waals surface area contributed by atoms with Gasteiger partial charge in [-0.05, 0) is 6.92 Å². The molecule has 0 radical (unpaired) electrons. The van der Waals surface area contributed by atoms with Crippen LogP contribution in [0.15, 0.2) is 9.59 Å². The minimum Gasteiger partial charge on any atom is -0.343 e. The van der Waals surface area contributed by atoms with Gasteiger partial charge in [-0.3, -0.25) is 13.9 Å². The number of hydrogen-bond acceptors (Lipinski definition) is 4. The highest BCUT2D eigenvalue weighted by Crippen LogP contribution is 2.22. The number of anilines is 1. The summed E-state index contributed by atoms with van der Waals surface area (Å²) >= 11 is 0. The van der Waals surface area contributed by atoms with E-state index in [-0.39, 0.29) is 11.2 Å². The number of imidazole rings is 1. The molecule has 7 nitrogen and oxygen atoms in total. The molecule has 1 aliphatic heterocycles. The molecule has 0 N–H and O–H groups in total. The minimum absolute atomic E-state index is 0.246. The summed E-state index contributed by atoms with van der Waals surface area (Å²) in [6.07, 6.45) is 0. The fraction of sp³-hybridized carbons (Fsp3) is 0.545. The van der Waals surface area contributed by atoms with Crippen LogP contribution >= 0.6 is 0 Å². The summed E-state index contributed by atoms with van der Waals surface area (Å²) in [6.45, 7) is 3.74. The normalized spacial score (nSPS) is 14.5. The number of hydrogen-bond donors (Lipinski definition) is 0. The van der Waals surface area contributed by atoms with Crippen LogP contribution in [0.5, 0.6) is 0 Å². The number of fused-ring (bicyclic) bond motifs is 3. The average Bonchev–Trinajstić information content (AvgIpc) is 2.88. The zero-order valence-corrected chi connectivity index (χ0v) is 10.7. The highest BCUT2D eigenvalue weighted by Gasteiger charge is 2.25. The predicted octanol–water partition coefficient (Wildman–Crippen LogP) is -0.634. The van der Waals surface area contributed by atoms with E-state index < -0.39 is 0 Å². The molecular weight excluding hydrogens is 234 g/mol. The number of aromatic nitrogens is 4. The van der Waals surface area contributed by atoms with Gasteiger partial charge in [-0.2, -0.15) is 4.98 Å². The number of rotatable bonds is 1. The largest absolute Gasteiger partial charge is 0.343 e. The first-order valence-corrected chi connectivity index (χ1v) is 5.97. The Kier molecular flexibility index (Phi) is 2.13. The van der Waals surface area contributed by atoms with Gasteiger partial charge >= 0.3 is 5.69 Å². The number of likely N-dealkylation sites (N-methyl/N-ethyl adjacent to an activating group) is 1. The molecule has 0 spiro atoms. The van der Waals surface area contributed by atoms with Gasteiger partial charge < -0.3 is 9.47 Å². The third-order valence-electron chi connectivity index (χ3n) is 3.53. The van der Waals surface area contributed by atoms with Crippen molar-refractivity contribution in [2.24, 2.45) is 7.05 Å². The van der Waals surface area contributed by atoms with Gasteiger partial charge in [0, 0.05) is 33.7 Å². The first-order valence-electron chi connectivity index (χ1n) is 5.97. The summed E-state index contributed by atoms with van der Waals surface area (Å²) in [5.41, 5.74) is 0.439. The van der Waals surface area contributed by atoms with Crippen molar-refractivity contribution in [3.8, 4) is 0 Å². The summed E-state index contributed by atoms with van der Waals surface area (Å²) < 4.78 is 4.58. The van der Waals surface area contributed by atoms with Crippen LogP contribution in [-0.4, -0.2) is 32.3 Å². The Hall–Kier alpha value is -2.05. The summed E-state index contributed by atoms with van der Waals surface area (Å²) in [7, 11) is 3.58. The van der Waals surface area contributed by atoms with E-state index in [0.717, 1.165) is 19.0 Å². The first kappa shape index (κ1) is 11.1. The van der Waals surface area contributed by atoms with Gasteiger partial charge in [0.15, 0.2) is 11.2 Å². The van der Waals surface area contributed by atoms with E-state index in [9.17, 15) is 9.59 Å². The number of aryl methyl sites for hydroxylation is 1. The molecule has 0 saturated heterocycles. The van der Waals surface area contributed by atoms with E-state index in [1.54, 1.807) is 14.0 Å². The van der Waals surface area contributed by atoms with E-state index in [4.69, 9.17) is 0 Å².